The molecule has 3 rings (SSSR count). The van der Waals surface area contributed by atoms with Gasteiger partial charge in [0.15, 0.2) is 6.61 Å². The Morgan fingerprint density at radius 1 is 1.14 bits per heavy atom. The molecule has 6 nitrogen and oxygen atoms in total. The van der Waals surface area contributed by atoms with Crippen LogP contribution in [0.4, 0.5) is 0 Å². The molecule has 0 radical (unpaired) electrons. The van der Waals surface area contributed by atoms with E-state index in [2.05, 4.69) is 0 Å². The summed E-state index contributed by atoms with van der Waals surface area (Å²) in [6.07, 6.45) is 3.25. The first-order chi connectivity index (χ1) is 14.0. The van der Waals surface area contributed by atoms with Crippen molar-refractivity contribution >= 4 is 35.1 Å². The molecule has 1 fully saturated rings. The number of morpholine rings is 1. The fourth-order valence-electron chi connectivity index (χ4n) is 2.88. The largest absolute Gasteiger partial charge is 0.454 e. The minimum Gasteiger partial charge on any atom is -0.454 e. The zero-order chi connectivity index (χ0) is 20.6. The van der Waals surface area contributed by atoms with Crippen molar-refractivity contribution < 1.29 is 23.9 Å². The number of ether oxygens (including phenoxy) is 2. The number of carbonyl (C=O) groups is 3. The van der Waals surface area contributed by atoms with Crippen LogP contribution in [0.5, 0.6) is 0 Å². The first-order valence-corrected chi connectivity index (χ1v) is 10.2. The predicted molar refractivity (Wildman–Crippen MR) is 111 cm³/mol. The summed E-state index contributed by atoms with van der Waals surface area (Å²) in [6.45, 7) is 3.94. The lowest BCUT2D eigenvalue weighted by Gasteiger charge is -2.26. The van der Waals surface area contributed by atoms with E-state index in [-0.39, 0.29) is 24.7 Å². The maximum absolute atomic E-state index is 12.3. The summed E-state index contributed by atoms with van der Waals surface area (Å²) < 4.78 is 10.3. The smallest absolute Gasteiger partial charge is 0.331 e. The Morgan fingerprint density at radius 2 is 1.90 bits per heavy atom. The third kappa shape index (κ3) is 6.10. The lowest BCUT2D eigenvalue weighted by atomic mass is 10.1. The van der Waals surface area contributed by atoms with Crippen molar-refractivity contribution in [2.45, 2.75) is 13.3 Å². The quantitative estimate of drug-likeness (QED) is 0.396. The number of nitrogens with zero attached hydrogens (tertiary/aromatic N) is 1. The van der Waals surface area contributed by atoms with Gasteiger partial charge in [-0.05, 0) is 36.3 Å². The second kappa shape index (κ2) is 10.1. The molecule has 1 amide bonds. The van der Waals surface area contributed by atoms with Crippen LogP contribution >= 0.6 is 11.3 Å². The van der Waals surface area contributed by atoms with Gasteiger partial charge in [0.25, 0.3) is 0 Å². The van der Waals surface area contributed by atoms with E-state index in [0.29, 0.717) is 31.2 Å². The Balaban J connectivity index is 1.48. The molecule has 2 heterocycles. The summed E-state index contributed by atoms with van der Waals surface area (Å²) in [5.74, 6) is -0.819. The average molecular weight is 413 g/mol. The number of hydrogen-bond acceptors (Lipinski definition) is 6. The van der Waals surface area contributed by atoms with Crippen molar-refractivity contribution in [1.82, 2.24) is 4.90 Å². The summed E-state index contributed by atoms with van der Waals surface area (Å²) >= 11 is 1.26. The maximum atomic E-state index is 12.3. The zero-order valence-electron chi connectivity index (χ0n) is 16.3. The fourth-order valence-corrected chi connectivity index (χ4v) is 3.81. The van der Waals surface area contributed by atoms with Crippen molar-refractivity contribution in [2.75, 3.05) is 32.9 Å². The van der Waals surface area contributed by atoms with Crippen LogP contribution in [0.2, 0.25) is 0 Å². The number of esters is 1. The highest BCUT2D eigenvalue weighted by atomic mass is 32.1. The number of hydrogen-bond donors (Lipinski definition) is 0. The van der Waals surface area contributed by atoms with E-state index < -0.39 is 5.97 Å². The highest BCUT2D eigenvalue weighted by molar-refractivity contribution is 7.14. The van der Waals surface area contributed by atoms with E-state index in [0.717, 1.165) is 16.0 Å². The summed E-state index contributed by atoms with van der Waals surface area (Å²) in [4.78, 5) is 39.5. The van der Waals surface area contributed by atoms with Crippen LogP contribution in [0, 0.1) is 6.92 Å². The summed E-state index contributed by atoms with van der Waals surface area (Å²) in [5, 5.41) is 0. The number of thiophene rings is 1. The second-order valence-electron chi connectivity index (χ2n) is 6.66. The molecule has 0 N–H and O–H groups in total. The predicted octanol–water partition coefficient (Wildman–Crippen LogP) is 2.90. The third-order valence-corrected chi connectivity index (χ3v) is 5.68. The van der Waals surface area contributed by atoms with Gasteiger partial charge in [0, 0.05) is 24.0 Å². The summed E-state index contributed by atoms with van der Waals surface area (Å²) in [5.41, 5.74) is 1.97. The fraction of sp³-hybridized carbons (Fsp3) is 0.318. The van der Waals surface area contributed by atoms with E-state index >= 15 is 0 Å². The Bertz CT molecular complexity index is 911. The molecule has 29 heavy (non-hydrogen) atoms. The van der Waals surface area contributed by atoms with Crippen LogP contribution in [0.15, 0.2) is 42.5 Å². The van der Waals surface area contributed by atoms with E-state index in [1.54, 1.807) is 23.1 Å². The average Bonchev–Trinajstić information content (AvgIpc) is 3.20. The molecule has 0 atom stereocenters. The van der Waals surface area contributed by atoms with Crippen molar-refractivity contribution in [3.63, 3.8) is 0 Å². The van der Waals surface area contributed by atoms with Gasteiger partial charge < -0.3 is 14.4 Å². The Labute approximate surface area is 173 Å². The molecule has 7 heteroatoms. The molecule has 0 bridgehead atoms. The van der Waals surface area contributed by atoms with Gasteiger partial charge in [0.1, 0.15) is 0 Å². The van der Waals surface area contributed by atoms with E-state index in [1.807, 2.05) is 31.2 Å². The molecule has 1 aromatic carbocycles. The number of Topliss-reactive ketones (excluding diaryl/α,β-unsaturated/α-hetero) is 1. The molecule has 0 spiro atoms. The molecule has 152 valence electrons. The molecule has 0 aliphatic carbocycles. The van der Waals surface area contributed by atoms with Crippen LogP contribution in [0.3, 0.4) is 0 Å². The maximum Gasteiger partial charge on any atom is 0.331 e. The molecule has 0 unspecified atom stereocenters. The summed E-state index contributed by atoms with van der Waals surface area (Å²) in [6, 6.07) is 11.1. The topological polar surface area (TPSA) is 72.9 Å². The summed E-state index contributed by atoms with van der Waals surface area (Å²) in [7, 11) is 0. The normalized spacial score (nSPS) is 14.2. The Hall–Kier alpha value is -2.77. The third-order valence-electron chi connectivity index (χ3n) is 4.56. The zero-order valence-corrected chi connectivity index (χ0v) is 17.1. The van der Waals surface area contributed by atoms with Gasteiger partial charge in [-0.3, -0.25) is 9.59 Å². The number of ketones is 1. The van der Waals surface area contributed by atoms with Gasteiger partial charge in [0.05, 0.1) is 24.5 Å². The first kappa shape index (κ1) is 21.0. The van der Waals surface area contributed by atoms with Crippen molar-refractivity contribution in [3.8, 4) is 0 Å². The van der Waals surface area contributed by atoms with Gasteiger partial charge in [0.2, 0.25) is 11.7 Å². The number of carbonyl (C=O) groups excluding carboxylic acids is 3. The van der Waals surface area contributed by atoms with E-state index in [9.17, 15) is 14.4 Å². The van der Waals surface area contributed by atoms with Crippen LogP contribution in [0.1, 0.15) is 25.7 Å². The van der Waals surface area contributed by atoms with E-state index in [4.69, 9.17) is 9.47 Å². The molecule has 1 aromatic heterocycles. The lowest BCUT2D eigenvalue weighted by Crippen LogP contribution is -2.41. The molecule has 0 saturated carbocycles. The number of rotatable bonds is 7. The molecule has 1 aliphatic heterocycles. The number of benzene rings is 1. The molecular formula is C22H23NO5S. The SMILES string of the molecule is Cc1ccccc1/C=C/C(=O)OCC(=O)c1ccc(CC(=O)N2CCOCC2)s1. The van der Waals surface area contributed by atoms with Gasteiger partial charge in [-0.1, -0.05) is 24.3 Å². The lowest BCUT2D eigenvalue weighted by molar-refractivity contribution is -0.136. The van der Waals surface area contributed by atoms with E-state index in [1.165, 1.54) is 17.4 Å². The van der Waals surface area contributed by atoms with Gasteiger partial charge in [-0.15, -0.1) is 11.3 Å². The molecule has 1 saturated heterocycles. The first-order valence-electron chi connectivity index (χ1n) is 9.41. The Morgan fingerprint density at radius 3 is 2.66 bits per heavy atom. The van der Waals surface area contributed by atoms with Gasteiger partial charge in [-0.25, -0.2) is 4.79 Å². The standard InChI is InChI=1S/C22H23NO5S/c1-16-4-2-3-5-17(16)6-9-22(26)28-15-19(24)20-8-7-18(29-20)14-21(25)23-10-12-27-13-11-23/h2-9H,10-15H2,1H3/b9-6+. The van der Waals surface area contributed by atoms with Gasteiger partial charge >= 0.3 is 5.97 Å². The van der Waals surface area contributed by atoms with Crippen LogP contribution in [-0.2, 0) is 25.5 Å². The van der Waals surface area contributed by atoms with Crippen LogP contribution in [-0.4, -0.2) is 55.5 Å². The van der Waals surface area contributed by atoms with Crippen molar-refractivity contribution in [3.05, 3.63) is 63.4 Å². The van der Waals surface area contributed by atoms with Crippen molar-refractivity contribution in [1.29, 1.82) is 0 Å². The van der Waals surface area contributed by atoms with Gasteiger partial charge in [-0.2, -0.15) is 0 Å². The number of aryl methyl sites for hydroxylation is 1. The highest BCUT2D eigenvalue weighted by Crippen LogP contribution is 2.19. The van der Waals surface area contributed by atoms with Crippen molar-refractivity contribution in [2.24, 2.45) is 0 Å². The minimum atomic E-state index is -0.569. The van der Waals surface area contributed by atoms with Crippen LogP contribution < -0.4 is 0 Å². The Kier molecular flexibility index (Phi) is 7.32. The molecular weight excluding hydrogens is 390 g/mol. The second-order valence-corrected chi connectivity index (χ2v) is 7.83. The highest BCUT2D eigenvalue weighted by Gasteiger charge is 2.19. The van der Waals surface area contributed by atoms with Crippen LogP contribution in [0.25, 0.3) is 6.08 Å². The molecule has 1 aliphatic rings. The minimum absolute atomic E-state index is 0.0296. The number of amides is 1. The monoisotopic (exact) mass is 413 g/mol. The molecule has 2 aromatic rings.